The number of carbonyl (C=O) groups excluding carboxylic acids is 2. The largest absolute Gasteiger partial charge is 0.461 e. The fourth-order valence-electron chi connectivity index (χ4n) is 4.42. The van der Waals surface area contributed by atoms with Gasteiger partial charge in [0.15, 0.2) is 5.76 Å². The highest BCUT2D eigenvalue weighted by Crippen LogP contribution is 2.40. The number of nitrogens with zero attached hydrogens (tertiary/aromatic N) is 2. The van der Waals surface area contributed by atoms with Crippen molar-refractivity contribution in [2.45, 2.75) is 39.7 Å². The summed E-state index contributed by atoms with van der Waals surface area (Å²) in [5, 5.41) is 9.00. The van der Waals surface area contributed by atoms with Gasteiger partial charge >= 0.3 is 0 Å². The summed E-state index contributed by atoms with van der Waals surface area (Å²) in [4.78, 5) is 40.2. The summed E-state index contributed by atoms with van der Waals surface area (Å²) in [6, 6.07) is 10.5. The molecule has 1 atom stereocenters. The van der Waals surface area contributed by atoms with Crippen LogP contribution in [0.5, 0.6) is 0 Å². The first-order valence-electron chi connectivity index (χ1n) is 10.9. The molecular weight excluding hydrogens is 438 g/mol. The van der Waals surface area contributed by atoms with E-state index < -0.39 is 5.91 Å². The Kier molecular flexibility index (Phi) is 5.46. The van der Waals surface area contributed by atoms with Crippen molar-refractivity contribution in [3.05, 3.63) is 80.5 Å². The van der Waals surface area contributed by atoms with Crippen molar-refractivity contribution in [1.29, 1.82) is 0 Å². The number of furan rings is 1. The SMILES string of the molecule is Cc1nn(CC(=O)Nc2sc3c(c2C(=O)c2ccco2)CCC(C)C3)c(=O)c2ccccc12. The van der Waals surface area contributed by atoms with E-state index in [0.717, 1.165) is 35.1 Å². The van der Waals surface area contributed by atoms with Crippen molar-refractivity contribution in [2.75, 3.05) is 5.32 Å². The number of rotatable bonds is 5. The van der Waals surface area contributed by atoms with E-state index in [0.29, 0.717) is 27.6 Å². The first-order valence-corrected chi connectivity index (χ1v) is 11.7. The van der Waals surface area contributed by atoms with Crippen LogP contribution in [-0.4, -0.2) is 21.5 Å². The first kappa shape index (κ1) is 21.3. The zero-order valence-corrected chi connectivity index (χ0v) is 19.2. The van der Waals surface area contributed by atoms with Gasteiger partial charge < -0.3 is 9.73 Å². The molecule has 0 fully saturated rings. The second-order valence-corrected chi connectivity index (χ2v) is 9.61. The van der Waals surface area contributed by atoms with Crippen LogP contribution in [0.1, 0.15) is 45.6 Å². The van der Waals surface area contributed by atoms with Crippen molar-refractivity contribution in [3.63, 3.8) is 0 Å². The Hall–Kier alpha value is -3.52. The molecule has 1 N–H and O–H groups in total. The summed E-state index contributed by atoms with van der Waals surface area (Å²) >= 11 is 1.44. The molecule has 0 aliphatic heterocycles. The number of anilines is 1. The molecule has 8 heteroatoms. The maximum atomic E-state index is 13.2. The number of hydrogen-bond donors (Lipinski definition) is 1. The third-order valence-electron chi connectivity index (χ3n) is 6.08. The number of aromatic nitrogens is 2. The lowest BCUT2D eigenvalue weighted by Crippen LogP contribution is -2.30. The summed E-state index contributed by atoms with van der Waals surface area (Å²) in [6.45, 7) is 3.76. The standard InChI is InChI=1S/C25H23N3O4S/c1-14-9-10-18-20(12-14)33-24(22(18)23(30)19-8-5-11-32-19)26-21(29)13-28-25(31)17-7-4-3-6-16(17)15(2)27-28/h3-8,11,14H,9-10,12-13H2,1-2H3,(H,26,29). The highest BCUT2D eigenvalue weighted by molar-refractivity contribution is 7.17. The summed E-state index contributed by atoms with van der Waals surface area (Å²) in [5.74, 6) is 0.126. The fraction of sp³-hybridized carbons (Fsp3) is 0.280. The molecule has 1 aliphatic carbocycles. The van der Waals surface area contributed by atoms with Crippen LogP contribution in [0.15, 0.2) is 51.9 Å². The third-order valence-corrected chi connectivity index (χ3v) is 7.25. The second-order valence-electron chi connectivity index (χ2n) is 8.50. The highest BCUT2D eigenvalue weighted by atomic mass is 32.1. The van der Waals surface area contributed by atoms with E-state index in [4.69, 9.17) is 4.42 Å². The van der Waals surface area contributed by atoms with Gasteiger partial charge in [0.25, 0.3) is 5.56 Å². The van der Waals surface area contributed by atoms with Crippen LogP contribution in [0.4, 0.5) is 5.00 Å². The van der Waals surface area contributed by atoms with E-state index >= 15 is 0 Å². The molecule has 4 aromatic rings. The molecule has 0 saturated heterocycles. The molecule has 3 aromatic heterocycles. The van der Waals surface area contributed by atoms with Gasteiger partial charge in [-0.2, -0.15) is 5.10 Å². The molecule has 5 rings (SSSR count). The average Bonchev–Trinajstić information content (AvgIpc) is 3.44. The van der Waals surface area contributed by atoms with E-state index in [1.807, 2.05) is 19.1 Å². The molecule has 0 spiro atoms. The summed E-state index contributed by atoms with van der Waals surface area (Å²) < 4.78 is 6.52. The Morgan fingerprint density at radius 3 is 2.76 bits per heavy atom. The van der Waals surface area contributed by atoms with Crippen LogP contribution in [-0.2, 0) is 24.2 Å². The molecule has 1 unspecified atom stereocenters. The summed E-state index contributed by atoms with van der Waals surface area (Å²) in [7, 11) is 0. The predicted octanol–water partition coefficient (Wildman–Crippen LogP) is 4.35. The van der Waals surface area contributed by atoms with Crippen LogP contribution in [0.2, 0.25) is 0 Å². The minimum atomic E-state index is -0.403. The molecular formula is C25H23N3O4S. The second kappa shape index (κ2) is 8.44. The van der Waals surface area contributed by atoms with Gasteiger partial charge in [-0.25, -0.2) is 4.68 Å². The highest BCUT2D eigenvalue weighted by Gasteiger charge is 2.30. The minimum absolute atomic E-state index is 0.237. The lowest BCUT2D eigenvalue weighted by molar-refractivity contribution is -0.116. The van der Waals surface area contributed by atoms with Crippen molar-refractivity contribution < 1.29 is 14.0 Å². The van der Waals surface area contributed by atoms with E-state index in [2.05, 4.69) is 17.3 Å². The van der Waals surface area contributed by atoms with Gasteiger partial charge in [0.2, 0.25) is 11.7 Å². The number of ketones is 1. The zero-order valence-electron chi connectivity index (χ0n) is 18.4. The van der Waals surface area contributed by atoms with E-state index in [9.17, 15) is 14.4 Å². The summed E-state index contributed by atoms with van der Waals surface area (Å²) in [5.41, 5.74) is 1.84. The molecule has 1 aliphatic rings. The normalized spacial score (nSPS) is 15.4. The number of carbonyl (C=O) groups is 2. The molecule has 0 radical (unpaired) electrons. The quantitative estimate of drug-likeness (QED) is 0.446. The predicted molar refractivity (Wildman–Crippen MR) is 127 cm³/mol. The van der Waals surface area contributed by atoms with Crippen LogP contribution < -0.4 is 10.9 Å². The summed E-state index contributed by atoms with van der Waals surface area (Å²) in [6.07, 6.45) is 4.12. The smallest absolute Gasteiger partial charge is 0.275 e. The fourth-order valence-corrected chi connectivity index (χ4v) is 5.85. The van der Waals surface area contributed by atoms with Gasteiger partial charge in [-0.1, -0.05) is 25.1 Å². The Balaban J connectivity index is 1.48. The zero-order chi connectivity index (χ0) is 23.1. The molecule has 7 nitrogen and oxygen atoms in total. The van der Waals surface area contributed by atoms with Crippen LogP contribution in [0.25, 0.3) is 10.8 Å². The topological polar surface area (TPSA) is 94.2 Å². The average molecular weight is 462 g/mol. The minimum Gasteiger partial charge on any atom is -0.461 e. The maximum Gasteiger partial charge on any atom is 0.275 e. The Morgan fingerprint density at radius 1 is 1.21 bits per heavy atom. The van der Waals surface area contributed by atoms with Crippen molar-refractivity contribution in [3.8, 4) is 0 Å². The third kappa shape index (κ3) is 3.91. The molecule has 33 heavy (non-hydrogen) atoms. The van der Waals surface area contributed by atoms with Crippen LogP contribution >= 0.6 is 11.3 Å². The molecule has 1 amide bonds. The van der Waals surface area contributed by atoms with Crippen molar-refractivity contribution >= 4 is 38.8 Å². The lowest BCUT2D eigenvalue weighted by Gasteiger charge is -2.18. The van der Waals surface area contributed by atoms with Gasteiger partial charge in [0.1, 0.15) is 11.5 Å². The number of fused-ring (bicyclic) bond motifs is 2. The number of benzene rings is 1. The number of aryl methyl sites for hydroxylation is 1. The van der Waals surface area contributed by atoms with E-state index in [-0.39, 0.29) is 23.6 Å². The number of hydrogen-bond acceptors (Lipinski definition) is 6. The van der Waals surface area contributed by atoms with Gasteiger partial charge in [-0.05, 0) is 55.9 Å². The maximum absolute atomic E-state index is 13.2. The number of nitrogens with one attached hydrogen (secondary N) is 1. The number of amides is 1. The van der Waals surface area contributed by atoms with E-state index in [1.54, 1.807) is 24.3 Å². The van der Waals surface area contributed by atoms with Gasteiger partial charge in [-0.3, -0.25) is 14.4 Å². The van der Waals surface area contributed by atoms with Crippen LogP contribution in [0.3, 0.4) is 0 Å². The molecule has 168 valence electrons. The molecule has 0 saturated carbocycles. The van der Waals surface area contributed by atoms with Gasteiger partial charge in [0, 0.05) is 10.3 Å². The molecule has 3 heterocycles. The Labute approximate surface area is 194 Å². The van der Waals surface area contributed by atoms with Crippen molar-refractivity contribution in [2.24, 2.45) is 5.92 Å². The molecule has 0 bridgehead atoms. The van der Waals surface area contributed by atoms with Gasteiger partial charge in [-0.15, -0.1) is 11.3 Å². The Morgan fingerprint density at radius 2 is 2.00 bits per heavy atom. The van der Waals surface area contributed by atoms with Crippen molar-refractivity contribution in [1.82, 2.24) is 9.78 Å². The lowest BCUT2D eigenvalue weighted by atomic mass is 9.87. The molecule has 1 aromatic carbocycles. The number of thiophene rings is 1. The van der Waals surface area contributed by atoms with Crippen LogP contribution in [0, 0.1) is 12.8 Å². The van der Waals surface area contributed by atoms with E-state index in [1.165, 1.54) is 22.3 Å². The van der Waals surface area contributed by atoms with Gasteiger partial charge in [0.05, 0.1) is 22.9 Å². The Bertz CT molecular complexity index is 1430. The monoisotopic (exact) mass is 461 g/mol. The first-order chi connectivity index (χ1) is 15.9.